The maximum atomic E-state index is 12.1. The number of para-hydroxylation sites is 1. The Bertz CT molecular complexity index is 477. The Labute approximate surface area is 117 Å². The number of nitrogens with zero attached hydrogens (tertiary/aromatic N) is 1. The Hall–Kier alpha value is -1.95. The minimum atomic E-state index is -0.509. The third-order valence-corrected chi connectivity index (χ3v) is 3.45. The van der Waals surface area contributed by atoms with Gasteiger partial charge in [0.25, 0.3) is 0 Å². The van der Waals surface area contributed by atoms with Crippen LogP contribution in [0, 0.1) is 5.92 Å². The highest BCUT2D eigenvalue weighted by Gasteiger charge is 2.28. The number of benzene rings is 1. The monoisotopic (exact) mass is 281 g/mol. The highest BCUT2D eigenvalue weighted by molar-refractivity contribution is 5.73. The summed E-state index contributed by atoms with van der Waals surface area (Å²) in [4.78, 5) is 13.6. The van der Waals surface area contributed by atoms with E-state index in [0.717, 1.165) is 6.42 Å². The van der Waals surface area contributed by atoms with Gasteiger partial charge in [-0.05, 0) is 30.9 Å². The van der Waals surface area contributed by atoms with E-state index in [1.807, 2.05) is 0 Å². The van der Waals surface area contributed by atoms with Crippen LogP contribution in [0.5, 0.6) is 17.2 Å². The van der Waals surface area contributed by atoms with Crippen LogP contribution in [0.2, 0.25) is 0 Å². The summed E-state index contributed by atoms with van der Waals surface area (Å²) in [5.41, 5.74) is 0. The van der Waals surface area contributed by atoms with E-state index in [-0.39, 0.29) is 18.1 Å². The number of methoxy groups -OCH3 is 1. The number of aliphatic hydroxyl groups excluding tert-OH is 1. The van der Waals surface area contributed by atoms with Gasteiger partial charge < -0.3 is 24.6 Å². The van der Waals surface area contributed by atoms with Crippen LogP contribution in [0.25, 0.3) is 0 Å². The van der Waals surface area contributed by atoms with Crippen molar-refractivity contribution in [2.45, 2.75) is 12.8 Å². The van der Waals surface area contributed by atoms with E-state index in [4.69, 9.17) is 14.6 Å². The molecule has 1 unspecified atom stereocenters. The van der Waals surface area contributed by atoms with Gasteiger partial charge in [-0.2, -0.15) is 0 Å². The molecule has 1 fully saturated rings. The minimum Gasteiger partial charge on any atom is -0.504 e. The van der Waals surface area contributed by atoms with Crippen molar-refractivity contribution in [3.8, 4) is 17.2 Å². The van der Waals surface area contributed by atoms with Crippen LogP contribution in [0.3, 0.4) is 0 Å². The van der Waals surface area contributed by atoms with Gasteiger partial charge in [-0.25, -0.2) is 4.79 Å². The summed E-state index contributed by atoms with van der Waals surface area (Å²) in [7, 11) is 1.44. The topological polar surface area (TPSA) is 79.2 Å². The molecule has 6 nitrogen and oxygen atoms in total. The summed E-state index contributed by atoms with van der Waals surface area (Å²) in [6.07, 6.45) is 1.03. The second-order valence-electron chi connectivity index (χ2n) is 4.79. The van der Waals surface area contributed by atoms with Crippen molar-refractivity contribution in [1.29, 1.82) is 0 Å². The fourth-order valence-electron chi connectivity index (χ4n) is 2.34. The number of hydrogen-bond donors (Lipinski definition) is 2. The summed E-state index contributed by atoms with van der Waals surface area (Å²) < 4.78 is 10.3. The molecule has 1 saturated heterocycles. The van der Waals surface area contributed by atoms with Gasteiger partial charge in [0.2, 0.25) is 5.75 Å². The number of aliphatic hydroxyl groups is 1. The lowest BCUT2D eigenvalue weighted by molar-refractivity contribution is 0.156. The predicted molar refractivity (Wildman–Crippen MR) is 72.1 cm³/mol. The van der Waals surface area contributed by atoms with Crippen molar-refractivity contribution < 1.29 is 24.5 Å². The van der Waals surface area contributed by atoms with Crippen molar-refractivity contribution in [3.63, 3.8) is 0 Å². The van der Waals surface area contributed by atoms with E-state index in [0.29, 0.717) is 31.2 Å². The molecule has 20 heavy (non-hydrogen) atoms. The molecule has 1 aromatic rings. The van der Waals surface area contributed by atoms with Gasteiger partial charge in [0.05, 0.1) is 7.11 Å². The zero-order chi connectivity index (χ0) is 14.5. The lowest BCUT2D eigenvalue weighted by Crippen LogP contribution is -2.31. The second kappa shape index (κ2) is 6.47. The van der Waals surface area contributed by atoms with Crippen molar-refractivity contribution >= 4 is 6.09 Å². The molecule has 1 atom stereocenters. The Morgan fingerprint density at radius 3 is 3.00 bits per heavy atom. The van der Waals surface area contributed by atoms with Crippen molar-refractivity contribution in [2.75, 3.05) is 26.8 Å². The number of likely N-dealkylation sites (tertiary alicyclic amines) is 1. The molecule has 0 spiro atoms. The third-order valence-electron chi connectivity index (χ3n) is 3.45. The summed E-state index contributed by atoms with van der Waals surface area (Å²) in [6, 6.07) is 4.66. The molecule has 6 heteroatoms. The number of ether oxygens (including phenoxy) is 2. The van der Waals surface area contributed by atoms with Crippen LogP contribution < -0.4 is 9.47 Å². The molecule has 1 amide bonds. The zero-order valence-electron chi connectivity index (χ0n) is 11.4. The fraction of sp³-hybridized carbons (Fsp3) is 0.500. The lowest BCUT2D eigenvalue weighted by Gasteiger charge is -2.17. The first kappa shape index (κ1) is 14.5. The molecule has 0 aliphatic carbocycles. The van der Waals surface area contributed by atoms with Crippen molar-refractivity contribution in [2.24, 2.45) is 5.92 Å². The van der Waals surface area contributed by atoms with Crippen LogP contribution in [0.1, 0.15) is 12.8 Å². The Kier molecular flexibility index (Phi) is 4.68. The molecule has 1 aliphatic rings. The molecule has 1 heterocycles. The molecule has 0 bridgehead atoms. The van der Waals surface area contributed by atoms with E-state index >= 15 is 0 Å². The summed E-state index contributed by atoms with van der Waals surface area (Å²) in [5, 5.41) is 18.6. The maximum Gasteiger partial charge on any atom is 0.415 e. The number of phenols is 1. The van der Waals surface area contributed by atoms with Gasteiger partial charge >= 0.3 is 6.09 Å². The Balaban J connectivity index is 2.02. The molecule has 2 N–H and O–H groups in total. The Morgan fingerprint density at radius 1 is 1.50 bits per heavy atom. The molecule has 1 aromatic carbocycles. The van der Waals surface area contributed by atoms with Crippen LogP contribution in [0.4, 0.5) is 4.79 Å². The second-order valence-corrected chi connectivity index (χ2v) is 4.79. The smallest absolute Gasteiger partial charge is 0.415 e. The molecule has 2 rings (SSSR count). The van der Waals surface area contributed by atoms with Gasteiger partial charge in [0.15, 0.2) is 11.5 Å². The highest BCUT2D eigenvalue weighted by Crippen LogP contribution is 2.36. The minimum absolute atomic E-state index is 0.0330. The number of phenolic OH excluding ortho intramolecular Hbond substituents is 1. The SMILES string of the molecule is COc1cccc(O)c1OC(=O)N1CCC(CCO)C1. The van der Waals surface area contributed by atoms with E-state index in [1.165, 1.54) is 13.2 Å². The third kappa shape index (κ3) is 3.14. The summed E-state index contributed by atoms with van der Waals surface area (Å²) in [5.74, 6) is 0.512. The average molecular weight is 281 g/mol. The van der Waals surface area contributed by atoms with E-state index in [9.17, 15) is 9.90 Å². The predicted octanol–water partition coefficient (Wildman–Crippen LogP) is 1.60. The Morgan fingerprint density at radius 2 is 2.30 bits per heavy atom. The van der Waals surface area contributed by atoms with Crippen LogP contribution >= 0.6 is 0 Å². The number of aromatic hydroxyl groups is 1. The number of amides is 1. The van der Waals surface area contributed by atoms with E-state index < -0.39 is 6.09 Å². The lowest BCUT2D eigenvalue weighted by atomic mass is 10.1. The molecule has 0 aromatic heterocycles. The quantitative estimate of drug-likeness (QED) is 0.876. The van der Waals surface area contributed by atoms with Crippen LogP contribution in [0.15, 0.2) is 18.2 Å². The van der Waals surface area contributed by atoms with Gasteiger partial charge in [0, 0.05) is 19.7 Å². The summed E-state index contributed by atoms with van der Waals surface area (Å²) in [6.45, 7) is 1.29. The van der Waals surface area contributed by atoms with Gasteiger partial charge in [0.1, 0.15) is 0 Å². The molecule has 0 radical (unpaired) electrons. The largest absolute Gasteiger partial charge is 0.504 e. The normalized spacial score (nSPS) is 18.1. The van der Waals surface area contributed by atoms with Gasteiger partial charge in [-0.15, -0.1) is 0 Å². The number of carbonyl (C=O) groups is 1. The molecular weight excluding hydrogens is 262 g/mol. The molecule has 110 valence electrons. The number of rotatable bonds is 4. The molecule has 1 aliphatic heterocycles. The molecule has 0 saturated carbocycles. The fourth-order valence-corrected chi connectivity index (χ4v) is 2.34. The van der Waals surface area contributed by atoms with Gasteiger partial charge in [-0.3, -0.25) is 0 Å². The van der Waals surface area contributed by atoms with Crippen LogP contribution in [-0.2, 0) is 0 Å². The first-order valence-electron chi connectivity index (χ1n) is 6.59. The zero-order valence-corrected chi connectivity index (χ0v) is 11.4. The van der Waals surface area contributed by atoms with Crippen molar-refractivity contribution in [3.05, 3.63) is 18.2 Å². The highest BCUT2D eigenvalue weighted by atomic mass is 16.6. The molecular formula is C14H19NO5. The van der Waals surface area contributed by atoms with Crippen LogP contribution in [-0.4, -0.2) is 48.0 Å². The number of carbonyl (C=O) groups excluding carboxylic acids is 1. The standard InChI is InChI=1S/C14H19NO5/c1-19-12-4-2-3-11(17)13(12)20-14(18)15-7-5-10(9-15)6-8-16/h2-4,10,16-17H,5-9H2,1H3. The maximum absolute atomic E-state index is 12.1. The first-order chi connectivity index (χ1) is 9.65. The number of hydrogen-bond acceptors (Lipinski definition) is 5. The van der Waals surface area contributed by atoms with Gasteiger partial charge in [-0.1, -0.05) is 6.07 Å². The van der Waals surface area contributed by atoms with E-state index in [2.05, 4.69) is 0 Å². The van der Waals surface area contributed by atoms with Crippen molar-refractivity contribution in [1.82, 2.24) is 4.90 Å². The van der Waals surface area contributed by atoms with E-state index in [1.54, 1.807) is 17.0 Å². The first-order valence-corrected chi connectivity index (χ1v) is 6.59. The average Bonchev–Trinajstić information content (AvgIpc) is 2.90. The summed E-state index contributed by atoms with van der Waals surface area (Å²) >= 11 is 0.